The van der Waals surface area contributed by atoms with E-state index in [1.807, 2.05) is 48.5 Å². The minimum Gasteiger partial charge on any atom is -0.350 e. The first-order valence-electron chi connectivity index (χ1n) is 10.7. The molecule has 2 heterocycles. The third kappa shape index (κ3) is 4.97. The van der Waals surface area contributed by atoms with Crippen LogP contribution in [0.25, 0.3) is 5.69 Å². The van der Waals surface area contributed by atoms with Crippen molar-refractivity contribution < 1.29 is 4.79 Å². The van der Waals surface area contributed by atoms with Crippen LogP contribution in [0.15, 0.2) is 88.6 Å². The number of carbonyl (C=O) groups is 1. The number of hydrogen-bond donors (Lipinski definition) is 1. The number of nitrogens with zero attached hydrogens (tertiary/aromatic N) is 4. The molecule has 4 rings (SSSR count). The predicted octanol–water partition coefficient (Wildman–Crippen LogP) is 3.02. The molecular weight excluding hydrogens is 454 g/mol. The number of hydrogen-bond acceptors (Lipinski definition) is 5. The molecule has 0 aliphatic rings. The molecule has 0 radical (unpaired) electrons. The SMILES string of the molecule is C[C@H](c1ccccc1)n1c(=O)c(C(=O)NCCc2ccccn2)nn(-c2ccc(Cl)cc2)c1=O. The van der Waals surface area contributed by atoms with Gasteiger partial charge in [-0.3, -0.25) is 14.6 Å². The third-order valence-corrected chi connectivity index (χ3v) is 5.61. The molecule has 1 N–H and O–H groups in total. The average Bonchev–Trinajstić information content (AvgIpc) is 2.86. The Morgan fingerprint density at radius 1 is 1.00 bits per heavy atom. The molecule has 2 aromatic heterocycles. The van der Waals surface area contributed by atoms with Gasteiger partial charge in [0.15, 0.2) is 0 Å². The number of rotatable bonds is 7. The van der Waals surface area contributed by atoms with E-state index >= 15 is 0 Å². The molecule has 0 aliphatic carbocycles. The van der Waals surface area contributed by atoms with Crippen LogP contribution < -0.4 is 16.6 Å². The molecule has 2 aromatic carbocycles. The van der Waals surface area contributed by atoms with Crippen LogP contribution in [0.4, 0.5) is 0 Å². The van der Waals surface area contributed by atoms with Crippen molar-refractivity contribution in [3.63, 3.8) is 0 Å². The first kappa shape index (κ1) is 23.1. The van der Waals surface area contributed by atoms with Gasteiger partial charge in [-0.2, -0.15) is 9.78 Å². The number of carbonyl (C=O) groups excluding carboxylic acids is 1. The quantitative estimate of drug-likeness (QED) is 0.443. The Labute approximate surface area is 200 Å². The monoisotopic (exact) mass is 475 g/mol. The summed E-state index contributed by atoms with van der Waals surface area (Å²) in [6.07, 6.45) is 2.16. The van der Waals surface area contributed by atoms with Crippen molar-refractivity contribution in [3.05, 3.63) is 122 Å². The van der Waals surface area contributed by atoms with Crippen molar-refractivity contribution in [2.45, 2.75) is 19.4 Å². The van der Waals surface area contributed by atoms with Gasteiger partial charge in [-0.15, -0.1) is 0 Å². The van der Waals surface area contributed by atoms with E-state index in [9.17, 15) is 14.4 Å². The van der Waals surface area contributed by atoms with Gasteiger partial charge in [0, 0.05) is 29.9 Å². The largest absolute Gasteiger partial charge is 0.352 e. The number of benzene rings is 2. The fraction of sp³-hybridized carbons (Fsp3) is 0.160. The molecule has 0 unspecified atom stereocenters. The lowest BCUT2D eigenvalue weighted by Crippen LogP contribution is -2.47. The molecule has 172 valence electrons. The van der Waals surface area contributed by atoms with Crippen LogP contribution in [0.2, 0.25) is 5.02 Å². The summed E-state index contributed by atoms with van der Waals surface area (Å²) in [5.41, 5.74) is 0.133. The Kier molecular flexibility index (Phi) is 6.98. The van der Waals surface area contributed by atoms with Crippen LogP contribution in [0.1, 0.15) is 34.7 Å². The summed E-state index contributed by atoms with van der Waals surface area (Å²) in [7, 11) is 0. The summed E-state index contributed by atoms with van der Waals surface area (Å²) >= 11 is 5.98. The highest BCUT2D eigenvalue weighted by atomic mass is 35.5. The van der Waals surface area contributed by atoms with Crippen LogP contribution >= 0.6 is 11.6 Å². The van der Waals surface area contributed by atoms with E-state index in [1.54, 1.807) is 37.4 Å². The fourth-order valence-electron chi connectivity index (χ4n) is 3.54. The number of amides is 1. The minimum atomic E-state index is -0.762. The highest BCUT2D eigenvalue weighted by Gasteiger charge is 2.23. The van der Waals surface area contributed by atoms with Crippen LogP contribution in [-0.4, -0.2) is 31.8 Å². The Morgan fingerprint density at radius 3 is 2.38 bits per heavy atom. The summed E-state index contributed by atoms with van der Waals surface area (Å²) in [6.45, 7) is 1.98. The summed E-state index contributed by atoms with van der Waals surface area (Å²) in [6, 6.07) is 20.4. The van der Waals surface area contributed by atoms with E-state index in [-0.39, 0.29) is 12.2 Å². The van der Waals surface area contributed by atoms with E-state index in [1.165, 1.54) is 0 Å². The molecule has 1 atom stereocenters. The van der Waals surface area contributed by atoms with Gasteiger partial charge in [0.2, 0.25) is 5.69 Å². The van der Waals surface area contributed by atoms with Gasteiger partial charge in [-0.05, 0) is 48.9 Å². The van der Waals surface area contributed by atoms with Gasteiger partial charge in [0.05, 0.1) is 11.7 Å². The highest BCUT2D eigenvalue weighted by molar-refractivity contribution is 6.30. The second kappa shape index (κ2) is 10.3. The first-order valence-corrected chi connectivity index (χ1v) is 11.1. The second-order valence-electron chi connectivity index (χ2n) is 7.61. The Balaban J connectivity index is 1.75. The van der Waals surface area contributed by atoms with E-state index in [2.05, 4.69) is 15.4 Å². The van der Waals surface area contributed by atoms with Crippen LogP contribution in [0, 0.1) is 0 Å². The van der Waals surface area contributed by atoms with E-state index in [0.717, 1.165) is 20.5 Å². The van der Waals surface area contributed by atoms with E-state index in [4.69, 9.17) is 11.6 Å². The topological polar surface area (TPSA) is 98.9 Å². The van der Waals surface area contributed by atoms with E-state index in [0.29, 0.717) is 17.1 Å². The summed E-state index contributed by atoms with van der Waals surface area (Å²) in [5.74, 6) is -0.669. The number of aromatic nitrogens is 4. The lowest BCUT2D eigenvalue weighted by molar-refractivity contribution is 0.0944. The lowest BCUT2D eigenvalue weighted by Gasteiger charge is -2.17. The van der Waals surface area contributed by atoms with Crippen molar-refractivity contribution in [2.75, 3.05) is 6.54 Å². The molecule has 0 saturated heterocycles. The van der Waals surface area contributed by atoms with Crippen molar-refractivity contribution in [3.8, 4) is 5.69 Å². The van der Waals surface area contributed by atoms with Crippen LogP contribution in [0.5, 0.6) is 0 Å². The molecule has 1 amide bonds. The normalized spacial score (nSPS) is 11.7. The van der Waals surface area contributed by atoms with E-state index < -0.39 is 23.2 Å². The molecule has 4 aromatic rings. The molecule has 9 heteroatoms. The van der Waals surface area contributed by atoms with Crippen molar-refractivity contribution >= 4 is 17.5 Å². The highest BCUT2D eigenvalue weighted by Crippen LogP contribution is 2.15. The average molecular weight is 476 g/mol. The maximum Gasteiger partial charge on any atom is 0.352 e. The Hall–Kier alpha value is -4.04. The van der Waals surface area contributed by atoms with Gasteiger partial charge in [-0.25, -0.2) is 9.36 Å². The molecule has 0 spiro atoms. The van der Waals surface area contributed by atoms with Gasteiger partial charge in [-0.1, -0.05) is 48.0 Å². The molecule has 0 aliphatic heterocycles. The standard InChI is InChI=1S/C25H22ClN5O3/c1-17(18-7-3-2-4-8-18)30-24(33)22(23(32)28-16-14-20-9-5-6-15-27-20)29-31(25(30)34)21-12-10-19(26)11-13-21/h2-13,15,17H,14,16H2,1H3,(H,28,32)/t17-/m1/s1. The van der Waals surface area contributed by atoms with Crippen molar-refractivity contribution in [1.29, 1.82) is 0 Å². The van der Waals surface area contributed by atoms with Gasteiger partial charge >= 0.3 is 5.69 Å². The molecule has 8 nitrogen and oxygen atoms in total. The fourth-order valence-corrected chi connectivity index (χ4v) is 3.66. The summed E-state index contributed by atoms with van der Waals surface area (Å²) < 4.78 is 2.09. The maximum atomic E-state index is 13.4. The second-order valence-corrected chi connectivity index (χ2v) is 8.04. The van der Waals surface area contributed by atoms with Crippen LogP contribution in [-0.2, 0) is 6.42 Å². The zero-order chi connectivity index (χ0) is 24.1. The van der Waals surface area contributed by atoms with Gasteiger partial charge in [0.25, 0.3) is 11.5 Å². The summed E-state index contributed by atoms with van der Waals surface area (Å²) in [4.78, 5) is 43.9. The Morgan fingerprint density at radius 2 is 1.71 bits per heavy atom. The van der Waals surface area contributed by atoms with Gasteiger partial charge in [0.1, 0.15) is 0 Å². The minimum absolute atomic E-state index is 0.255. The third-order valence-electron chi connectivity index (χ3n) is 5.36. The number of halogens is 1. The molecule has 0 fully saturated rings. The van der Waals surface area contributed by atoms with Crippen molar-refractivity contribution in [2.24, 2.45) is 0 Å². The molecular formula is C25H22ClN5O3. The van der Waals surface area contributed by atoms with Gasteiger partial charge < -0.3 is 5.32 Å². The zero-order valence-electron chi connectivity index (χ0n) is 18.4. The number of pyridine rings is 1. The first-order chi connectivity index (χ1) is 16.5. The summed E-state index contributed by atoms with van der Waals surface area (Å²) in [5, 5.41) is 7.33. The zero-order valence-corrected chi connectivity index (χ0v) is 19.1. The Bertz CT molecular complexity index is 1400. The smallest absolute Gasteiger partial charge is 0.350 e. The lowest BCUT2D eigenvalue weighted by atomic mass is 10.1. The molecule has 0 bridgehead atoms. The molecule has 0 saturated carbocycles. The van der Waals surface area contributed by atoms with Crippen molar-refractivity contribution in [1.82, 2.24) is 24.6 Å². The number of nitrogens with one attached hydrogen (secondary N) is 1. The predicted molar refractivity (Wildman–Crippen MR) is 130 cm³/mol. The van der Waals surface area contributed by atoms with Crippen LogP contribution in [0.3, 0.4) is 0 Å². The maximum absolute atomic E-state index is 13.4. The molecule has 34 heavy (non-hydrogen) atoms.